The van der Waals surface area contributed by atoms with Crippen molar-refractivity contribution in [3.05, 3.63) is 36.4 Å². The van der Waals surface area contributed by atoms with Crippen LogP contribution >= 0.6 is 12.2 Å². The molecule has 5 nitrogen and oxygen atoms in total. The SMILES string of the molecule is C=CCNC(=S)N/N=C/c1ccc(O)c(O)c1. The third-order valence-electron chi connectivity index (χ3n) is 1.79. The lowest BCUT2D eigenvalue weighted by Crippen LogP contribution is -2.31. The van der Waals surface area contributed by atoms with Crippen LogP contribution in [0.15, 0.2) is 36.0 Å². The number of phenols is 2. The molecule has 0 saturated carbocycles. The minimum absolute atomic E-state index is 0.168. The van der Waals surface area contributed by atoms with Crippen LogP contribution in [-0.2, 0) is 0 Å². The molecule has 0 saturated heterocycles. The third-order valence-corrected chi connectivity index (χ3v) is 2.02. The van der Waals surface area contributed by atoms with Crippen molar-refractivity contribution in [1.29, 1.82) is 0 Å². The molecule has 0 aliphatic heterocycles. The second kappa shape index (κ2) is 6.49. The Morgan fingerprint density at radius 1 is 1.41 bits per heavy atom. The van der Waals surface area contributed by atoms with Gasteiger partial charge in [0.1, 0.15) is 0 Å². The summed E-state index contributed by atoms with van der Waals surface area (Å²) in [6.07, 6.45) is 3.15. The molecule has 0 bridgehead atoms. The standard InChI is InChI=1S/C11H13N3O2S/c1-2-5-12-11(17)14-13-7-8-3-4-9(15)10(16)6-8/h2-4,6-7,15-16H,1,5H2,(H2,12,14,17)/b13-7+. The zero-order valence-corrected chi connectivity index (χ0v) is 9.87. The van der Waals surface area contributed by atoms with Crippen molar-refractivity contribution in [2.45, 2.75) is 0 Å². The normalized spacial score (nSPS) is 10.1. The fourth-order valence-electron chi connectivity index (χ4n) is 0.991. The molecule has 6 heteroatoms. The first-order chi connectivity index (χ1) is 8.13. The number of benzene rings is 1. The molecule has 0 heterocycles. The van der Waals surface area contributed by atoms with Crippen LogP contribution in [0.5, 0.6) is 11.5 Å². The topological polar surface area (TPSA) is 76.9 Å². The number of nitrogens with one attached hydrogen (secondary N) is 2. The molecule has 0 aliphatic rings. The van der Waals surface area contributed by atoms with Crippen LogP contribution in [0.1, 0.15) is 5.56 Å². The molecule has 4 N–H and O–H groups in total. The van der Waals surface area contributed by atoms with Crippen molar-refractivity contribution in [3.63, 3.8) is 0 Å². The Bertz CT molecular complexity index is 446. The van der Waals surface area contributed by atoms with Crippen molar-refractivity contribution in [2.75, 3.05) is 6.54 Å². The molecule has 0 unspecified atom stereocenters. The van der Waals surface area contributed by atoms with E-state index in [2.05, 4.69) is 22.4 Å². The number of aromatic hydroxyl groups is 2. The van der Waals surface area contributed by atoms with Crippen LogP contribution < -0.4 is 10.7 Å². The number of thiocarbonyl (C=S) groups is 1. The van der Waals surface area contributed by atoms with Gasteiger partial charge in [0.25, 0.3) is 0 Å². The minimum Gasteiger partial charge on any atom is -0.504 e. The predicted molar refractivity (Wildman–Crippen MR) is 71.3 cm³/mol. The highest BCUT2D eigenvalue weighted by Gasteiger charge is 1.98. The maximum absolute atomic E-state index is 9.24. The van der Waals surface area contributed by atoms with Crippen molar-refractivity contribution >= 4 is 23.5 Å². The average Bonchev–Trinajstić information content (AvgIpc) is 2.31. The monoisotopic (exact) mass is 251 g/mol. The van der Waals surface area contributed by atoms with Gasteiger partial charge < -0.3 is 15.5 Å². The van der Waals surface area contributed by atoms with Gasteiger partial charge in [0.05, 0.1) is 6.21 Å². The number of nitrogens with zero attached hydrogens (tertiary/aromatic N) is 1. The van der Waals surface area contributed by atoms with E-state index in [9.17, 15) is 5.11 Å². The largest absolute Gasteiger partial charge is 0.504 e. The molecule has 0 radical (unpaired) electrons. The number of rotatable bonds is 4. The van der Waals surface area contributed by atoms with Crippen molar-refractivity contribution in [3.8, 4) is 11.5 Å². The summed E-state index contributed by atoms with van der Waals surface area (Å²) < 4.78 is 0. The van der Waals surface area contributed by atoms with E-state index in [1.807, 2.05) is 0 Å². The van der Waals surface area contributed by atoms with Crippen LogP contribution in [-0.4, -0.2) is 28.1 Å². The van der Waals surface area contributed by atoms with Gasteiger partial charge >= 0.3 is 0 Å². The second-order valence-electron chi connectivity index (χ2n) is 3.12. The summed E-state index contributed by atoms with van der Waals surface area (Å²) in [5.74, 6) is -0.361. The molecule has 90 valence electrons. The van der Waals surface area contributed by atoms with Gasteiger partial charge in [-0.1, -0.05) is 6.08 Å². The van der Waals surface area contributed by atoms with Gasteiger partial charge in [-0.25, -0.2) is 0 Å². The first-order valence-corrected chi connectivity index (χ1v) is 5.24. The Morgan fingerprint density at radius 3 is 2.82 bits per heavy atom. The summed E-state index contributed by atoms with van der Waals surface area (Å²) in [6, 6.07) is 4.38. The highest BCUT2D eigenvalue weighted by atomic mass is 32.1. The summed E-state index contributed by atoms with van der Waals surface area (Å²) in [4.78, 5) is 0. The van der Waals surface area contributed by atoms with Crippen LogP contribution in [0.3, 0.4) is 0 Å². The van der Waals surface area contributed by atoms with Gasteiger partial charge in [-0.3, -0.25) is 5.43 Å². The molecule has 0 aliphatic carbocycles. The van der Waals surface area contributed by atoms with Crippen molar-refractivity contribution in [2.24, 2.45) is 5.10 Å². The van der Waals surface area contributed by atoms with E-state index in [1.54, 1.807) is 12.1 Å². The van der Waals surface area contributed by atoms with E-state index >= 15 is 0 Å². The lowest BCUT2D eigenvalue weighted by molar-refractivity contribution is 0.403. The lowest BCUT2D eigenvalue weighted by Gasteiger charge is -2.03. The van der Waals surface area contributed by atoms with Gasteiger partial charge in [-0.15, -0.1) is 6.58 Å². The molecule has 0 spiro atoms. The van der Waals surface area contributed by atoms with Crippen LogP contribution in [0.4, 0.5) is 0 Å². The van der Waals surface area contributed by atoms with Gasteiger partial charge in [-0.2, -0.15) is 5.10 Å². The molecular weight excluding hydrogens is 238 g/mol. The van der Waals surface area contributed by atoms with Gasteiger partial charge in [-0.05, 0) is 36.0 Å². The van der Waals surface area contributed by atoms with Crippen molar-refractivity contribution in [1.82, 2.24) is 10.7 Å². The Labute approximate surface area is 104 Å². The molecular formula is C11H13N3O2S. The summed E-state index contributed by atoms with van der Waals surface area (Å²) in [7, 11) is 0. The van der Waals surface area contributed by atoms with E-state index < -0.39 is 0 Å². The summed E-state index contributed by atoms with van der Waals surface area (Å²) in [5, 5.41) is 25.4. The fourth-order valence-corrected chi connectivity index (χ4v) is 1.13. The third kappa shape index (κ3) is 4.52. The van der Waals surface area contributed by atoms with E-state index in [4.69, 9.17) is 17.3 Å². The van der Waals surface area contributed by atoms with E-state index in [-0.39, 0.29) is 11.5 Å². The van der Waals surface area contributed by atoms with E-state index in [0.717, 1.165) is 0 Å². The maximum Gasteiger partial charge on any atom is 0.187 e. The summed E-state index contributed by atoms with van der Waals surface area (Å²) >= 11 is 4.91. The second-order valence-corrected chi connectivity index (χ2v) is 3.53. The van der Waals surface area contributed by atoms with Crippen LogP contribution in [0, 0.1) is 0 Å². The first-order valence-electron chi connectivity index (χ1n) is 4.83. The minimum atomic E-state index is -0.193. The number of hydrogen-bond donors (Lipinski definition) is 4. The Kier molecular flexibility index (Phi) is 4.96. The quantitative estimate of drug-likeness (QED) is 0.212. The zero-order valence-electron chi connectivity index (χ0n) is 9.05. The molecule has 1 aromatic carbocycles. The zero-order chi connectivity index (χ0) is 12.7. The number of hydrogen-bond acceptors (Lipinski definition) is 4. The molecule has 0 atom stereocenters. The molecule has 0 aromatic heterocycles. The Hall–Kier alpha value is -2.08. The maximum atomic E-state index is 9.24. The van der Waals surface area contributed by atoms with Gasteiger partial charge in [0, 0.05) is 6.54 Å². The van der Waals surface area contributed by atoms with Crippen LogP contribution in [0.25, 0.3) is 0 Å². The smallest absolute Gasteiger partial charge is 0.187 e. The van der Waals surface area contributed by atoms with Gasteiger partial charge in [0.2, 0.25) is 0 Å². The molecule has 1 rings (SSSR count). The number of phenolic OH excluding ortho intramolecular Hbond substituents is 2. The average molecular weight is 251 g/mol. The highest BCUT2D eigenvalue weighted by Crippen LogP contribution is 2.23. The fraction of sp³-hybridized carbons (Fsp3) is 0.0909. The van der Waals surface area contributed by atoms with Gasteiger partial charge in [0.15, 0.2) is 16.6 Å². The molecule has 0 fully saturated rings. The Morgan fingerprint density at radius 2 is 2.18 bits per heavy atom. The molecule has 17 heavy (non-hydrogen) atoms. The summed E-state index contributed by atoms with van der Waals surface area (Å²) in [6.45, 7) is 4.10. The van der Waals surface area contributed by atoms with E-state index in [0.29, 0.717) is 17.2 Å². The van der Waals surface area contributed by atoms with E-state index in [1.165, 1.54) is 18.3 Å². The summed E-state index contributed by atoms with van der Waals surface area (Å²) in [5.41, 5.74) is 3.24. The highest BCUT2D eigenvalue weighted by molar-refractivity contribution is 7.80. The lowest BCUT2D eigenvalue weighted by atomic mass is 10.2. The predicted octanol–water partition coefficient (Wildman–Crippen LogP) is 1.08. The number of hydrazone groups is 1. The molecule has 1 aromatic rings. The Balaban J connectivity index is 2.50. The van der Waals surface area contributed by atoms with Crippen LogP contribution in [0.2, 0.25) is 0 Å². The molecule has 0 amide bonds. The first kappa shape index (κ1) is 13.0. The van der Waals surface area contributed by atoms with Crippen molar-refractivity contribution < 1.29 is 10.2 Å².